The Labute approximate surface area is 56.7 Å². The van der Waals surface area contributed by atoms with Crippen molar-refractivity contribution in [3.8, 4) is 0 Å². The largest absolute Gasteiger partial charge is 0.293 e. The van der Waals surface area contributed by atoms with Gasteiger partial charge in [-0.05, 0) is 19.4 Å². The summed E-state index contributed by atoms with van der Waals surface area (Å²) < 4.78 is 1.96. The van der Waals surface area contributed by atoms with Crippen molar-refractivity contribution < 1.29 is 4.58 Å². The van der Waals surface area contributed by atoms with Gasteiger partial charge in [0.05, 0.1) is 12.7 Å². The third-order valence-corrected chi connectivity index (χ3v) is 1.01. The Morgan fingerprint density at radius 3 is 2.56 bits per heavy atom. The SMILES string of the molecule is C/C=C\[N+](=CN)CCC. The molecule has 0 heterocycles. The van der Waals surface area contributed by atoms with Gasteiger partial charge in [-0.2, -0.15) is 0 Å². The number of hydrogen-bond acceptors (Lipinski definition) is 0. The van der Waals surface area contributed by atoms with Crippen molar-refractivity contribution in [3.63, 3.8) is 0 Å². The molecular formula is C7H15N2+. The normalized spacial score (nSPS) is 12.9. The summed E-state index contributed by atoms with van der Waals surface area (Å²) in [5, 5.41) is 0. The number of hydrogen-bond donors (Lipinski definition) is 1. The van der Waals surface area contributed by atoms with E-state index < -0.39 is 0 Å². The van der Waals surface area contributed by atoms with Crippen molar-refractivity contribution >= 4 is 6.34 Å². The van der Waals surface area contributed by atoms with E-state index in [2.05, 4.69) is 6.92 Å². The van der Waals surface area contributed by atoms with E-state index in [1.165, 1.54) is 0 Å². The lowest BCUT2D eigenvalue weighted by atomic mass is 10.5. The maximum absolute atomic E-state index is 5.29. The Morgan fingerprint density at radius 1 is 1.56 bits per heavy atom. The second kappa shape index (κ2) is 5.35. The van der Waals surface area contributed by atoms with E-state index in [4.69, 9.17) is 5.73 Å². The quantitative estimate of drug-likeness (QED) is 0.341. The highest BCUT2D eigenvalue weighted by Gasteiger charge is 1.87. The second-order valence-corrected chi connectivity index (χ2v) is 1.87. The van der Waals surface area contributed by atoms with Gasteiger partial charge in [-0.1, -0.05) is 6.92 Å². The van der Waals surface area contributed by atoms with Crippen molar-refractivity contribution in [2.24, 2.45) is 5.73 Å². The van der Waals surface area contributed by atoms with Crippen molar-refractivity contribution in [1.82, 2.24) is 0 Å². The van der Waals surface area contributed by atoms with Crippen LogP contribution in [0, 0.1) is 0 Å². The minimum atomic E-state index is 1.00. The molecule has 0 aliphatic heterocycles. The number of allylic oxidation sites excluding steroid dienone is 1. The average Bonchev–Trinajstić information content (AvgIpc) is 1.88. The predicted molar refractivity (Wildman–Crippen MR) is 40.5 cm³/mol. The molecule has 2 nitrogen and oxygen atoms in total. The third-order valence-electron chi connectivity index (χ3n) is 1.01. The monoisotopic (exact) mass is 127 g/mol. The van der Waals surface area contributed by atoms with Crippen molar-refractivity contribution in [1.29, 1.82) is 0 Å². The van der Waals surface area contributed by atoms with Crippen LogP contribution >= 0.6 is 0 Å². The van der Waals surface area contributed by atoms with Crippen LogP contribution in [0.1, 0.15) is 20.3 Å². The van der Waals surface area contributed by atoms with Crippen LogP contribution < -0.4 is 5.73 Å². The van der Waals surface area contributed by atoms with Gasteiger partial charge in [0.15, 0.2) is 0 Å². The van der Waals surface area contributed by atoms with Crippen LogP contribution in [0.2, 0.25) is 0 Å². The maximum atomic E-state index is 5.29. The van der Waals surface area contributed by atoms with Crippen LogP contribution in [0.3, 0.4) is 0 Å². The van der Waals surface area contributed by atoms with E-state index in [-0.39, 0.29) is 0 Å². The highest BCUT2D eigenvalue weighted by molar-refractivity contribution is 5.44. The summed E-state index contributed by atoms with van der Waals surface area (Å²) in [7, 11) is 0. The third kappa shape index (κ3) is 3.76. The van der Waals surface area contributed by atoms with Gasteiger partial charge in [0, 0.05) is 0 Å². The first-order valence-corrected chi connectivity index (χ1v) is 3.28. The first-order valence-electron chi connectivity index (χ1n) is 3.28. The molecule has 0 bridgehead atoms. The van der Waals surface area contributed by atoms with E-state index in [1.54, 1.807) is 6.34 Å². The first kappa shape index (κ1) is 8.21. The smallest absolute Gasteiger partial charge is 0.234 e. The first-order chi connectivity index (χ1) is 4.35. The molecule has 0 unspecified atom stereocenters. The summed E-state index contributed by atoms with van der Waals surface area (Å²) in [6.45, 7) is 5.10. The molecule has 0 rings (SSSR count). The minimum absolute atomic E-state index is 1.00. The van der Waals surface area contributed by atoms with E-state index in [0.717, 1.165) is 13.0 Å². The van der Waals surface area contributed by atoms with Crippen molar-refractivity contribution in [2.75, 3.05) is 6.54 Å². The van der Waals surface area contributed by atoms with E-state index in [0.29, 0.717) is 0 Å². The molecule has 0 atom stereocenters. The van der Waals surface area contributed by atoms with Crippen LogP contribution in [-0.4, -0.2) is 17.5 Å². The lowest BCUT2D eigenvalue weighted by Crippen LogP contribution is -2.11. The fourth-order valence-corrected chi connectivity index (χ4v) is 0.648. The molecule has 0 aliphatic carbocycles. The molecule has 0 radical (unpaired) electrons. The van der Waals surface area contributed by atoms with Crippen LogP contribution in [0.25, 0.3) is 0 Å². The van der Waals surface area contributed by atoms with Crippen LogP contribution in [0.15, 0.2) is 12.3 Å². The Bertz CT molecular complexity index is 114. The fourth-order valence-electron chi connectivity index (χ4n) is 0.648. The number of rotatable bonds is 3. The van der Waals surface area contributed by atoms with Crippen molar-refractivity contribution in [3.05, 3.63) is 12.3 Å². The molecule has 0 aliphatic rings. The van der Waals surface area contributed by atoms with Gasteiger partial charge in [0.1, 0.15) is 0 Å². The second-order valence-electron chi connectivity index (χ2n) is 1.87. The zero-order valence-corrected chi connectivity index (χ0v) is 6.17. The van der Waals surface area contributed by atoms with E-state index >= 15 is 0 Å². The molecule has 0 amide bonds. The van der Waals surface area contributed by atoms with Crippen LogP contribution in [0.5, 0.6) is 0 Å². The summed E-state index contributed by atoms with van der Waals surface area (Å²) in [6.07, 6.45) is 6.64. The molecule has 0 aromatic heterocycles. The molecule has 2 heteroatoms. The van der Waals surface area contributed by atoms with Gasteiger partial charge >= 0.3 is 0 Å². The van der Waals surface area contributed by atoms with Gasteiger partial charge in [0.2, 0.25) is 6.34 Å². The molecular weight excluding hydrogens is 112 g/mol. The molecule has 9 heavy (non-hydrogen) atoms. The molecule has 0 saturated heterocycles. The lowest BCUT2D eigenvalue weighted by molar-refractivity contribution is -0.453. The predicted octanol–water partition coefficient (Wildman–Crippen LogP) is 0.929. The van der Waals surface area contributed by atoms with Crippen LogP contribution in [0.4, 0.5) is 0 Å². The summed E-state index contributed by atoms with van der Waals surface area (Å²) in [6, 6.07) is 0. The highest BCUT2D eigenvalue weighted by atomic mass is 15.0. The van der Waals surface area contributed by atoms with Gasteiger partial charge < -0.3 is 0 Å². The zero-order valence-electron chi connectivity index (χ0n) is 6.17. The van der Waals surface area contributed by atoms with Gasteiger partial charge in [-0.15, -0.1) is 0 Å². The fraction of sp³-hybridized carbons (Fsp3) is 0.571. The Hall–Kier alpha value is -0.790. The molecule has 0 aromatic rings. The minimum Gasteiger partial charge on any atom is -0.293 e. The topological polar surface area (TPSA) is 29.0 Å². The summed E-state index contributed by atoms with van der Waals surface area (Å²) in [4.78, 5) is 0. The average molecular weight is 127 g/mol. The van der Waals surface area contributed by atoms with Gasteiger partial charge in [0.25, 0.3) is 0 Å². The molecule has 2 N–H and O–H groups in total. The summed E-state index contributed by atoms with van der Waals surface area (Å²) in [5.74, 6) is 0. The maximum Gasteiger partial charge on any atom is 0.234 e. The molecule has 0 fully saturated rings. The Kier molecular flexibility index (Phi) is 4.88. The van der Waals surface area contributed by atoms with Crippen LogP contribution in [-0.2, 0) is 0 Å². The van der Waals surface area contributed by atoms with Gasteiger partial charge in [-0.3, -0.25) is 5.73 Å². The number of nitrogens with zero attached hydrogens (tertiary/aromatic N) is 1. The lowest BCUT2D eigenvalue weighted by Gasteiger charge is -1.93. The molecule has 0 aromatic carbocycles. The molecule has 0 spiro atoms. The summed E-state index contributed by atoms with van der Waals surface area (Å²) in [5.41, 5.74) is 5.29. The van der Waals surface area contributed by atoms with Crippen molar-refractivity contribution in [2.45, 2.75) is 20.3 Å². The van der Waals surface area contributed by atoms with Gasteiger partial charge in [-0.25, -0.2) is 4.58 Å². The number of nitrogens with two attached hydrogens (primary N) is 1. The molecule has 0 saturated carbocycles. The van der Waals surface area contributed by atoms with E-state index in [9.17, 15) is 0 Å². The Balaban J connectivity index is 3.70. The summed E-state index contributed by atoms with van der Waals surface area (Å²) >= 11 is 0. The molecule has 52 valence electrons. The highest BCUT2D eigenvalue weighted by Crippen LogP contribution is 1.80. The Morgan fingerprint density at radius 2 is 2.22 bits per heavy atom. The zero-order chi connectivity index (χ0) is 7.11. The van der Waals surface area contributed by atoms with E-state index in [1.807, 2.05) is 23.8 Å². The standard InChI is InChI=1S/C7H14N2/c1-3-5-9(7-8)6-4-2/h3,5,7-8H,4,6H2,1-2H3/p+1/b5-3-.